The predicted molar refractivity (Wildman–Crippen MR) is 68.3 cm³/mol. The van der Waals surface area contributed by atoms with Crippen LogP contribution in [0.5, 0.6) is 0 Å². The van der Waals surface area contributed by atoms with Crippen LogP contribution in [0, 0.1) is 6.92 Å². The van der Waals surface area contributed by atoms with Gasteiger partial charge in [-0.05, 0) is 45.4 Å². The van der Waals surface area contributed by atoms with Crippen molar-refractivity contribution in [3.8, 4) is 0 Å². The summed E-state index contributed by atoms with van der Waals surface area (Å²) in [5.74, 6) is 0. The Morgan fingerprint density at radius 3 is 2.53 bits per heavy atom. The Labute approximate surface area is 99.8 Å². The minimum absolute atomic E-state index is 0.00509. The molecule has 0 spiro atoms. The van der Waals surface area contributed by atoms with Crippen LogP contribution in [0.25, 0.3) is 0 Å². The van der Waals surface area contributed by atoms with Crippen molar-refractivity contribution in [3.63, 3.8) is 0 Å². The first-order valence-corrected chi connectivity index (χ1v) is 5.85. The standard InChI is InChI=1S/C12H18BrNO/c1-8-10(13)6-5-7-11(8)14-9(2)12(3,4)15/h5-7,9,14-15H,1-4H3. The van der Waals surface area contributed by atoms with Crippen LogP contribution in [-0.4, -0.2) is 16.7 Å². The van der Waals surface area contributed by atoms with Gasteiger partial charge in [0.1, 0.15) is 0 Å². The van der Waals surface area contributed by atoms with E-state index in [1.54, 1.807) is 13.8 Å². The zero-order chi connectivity index (χ0) is 11.6. The van der Waals surface area contributed by atoms with E-state index in [1.807, 2.05) is 32.0 Å². The first-order chi connectivity index (χ1) is 6.82. The third kappa shape index (κ3) is 3.21. The van der Waals surface area contributed by atoms with Crippen LogP contribution < -0.4 is 5.32 Å². The lowest BCUT2D eigenvalue weighted by molar-refractivity contribution is 0.0649. The molecule has 2 nitrogen and oxygen atoms in total. The van der Waals surface area contributed by atoms with E-state index >= 15 is 0 Å². The molecule has 2 N–H and O–H groups in total. The molecule has 0 aliphatic heterocycles. The number of benzene rings is 1. The average molecular weight is 272 g/mol. The first kappa shape index (κ1) is 12.5. The molecule has 15 heavy (non-hydrogen) atoms. The van der Waals surface area contributed by atoms with E-state index in [0.29, 0.717) is 0 Å². The van der Waals surface area contributed by atoms with Gasteiger partial charge in [-0.3, -0.25) is 0 Å². The van der Waals surface area contributed by atoms with Crippen molar-refractivity contribution >= 4 is 21.6 Å². The molecule has 1 atom stereocenters. The first-order valence-electron chi connectivity index (χ1n) is 5.06. The van der Waals surface area contributed by atoms with E-state index in [2.05, 4.69) is 21.2 Å². The SMILES string of the molecule is Cc1c(Br)cccc1NC(C)C(C)(C)O. The van der Waals surface area contributed by atoms with Crippen molar-refractivity contribution in [1.82, 2.24) is 0 Å². The van der Waals surface area contributed by atoms with Crippen molar-refractivity contribution in [3.05, 3.63) is 28.2 Å². The number of hydrogen-bond acceptors (Lipinski definition) is 2. The van der Waals surface area contributed by atoms with E-state index in [4.69, 9.17) is 0 Å². The number of aliphatic hydroxyl groups is 1. The molecular weight excluding hydrogens is 254 g/mol. The van der Waals surface area contributed by atoms with Gasteiger partial charge in [0.25, 0.3) is 0 Å². The number of halogens is 1. The van der Waals surface area contributed by atoms with Gasteiger partial charge in [-0.25, -0.2) is 0 Å². The van der Waals surface area contributed by atoms with Gasteiger partial charge in [0.15, 0.2) is 0 Å². The highest BCUT2D eigenvalue weighted by atomic mass is 79.9. The summed E-state index contributed by atoms with van der Waals surface area (Å²) in [6.07, 6.45) is 0. The van der Waals surface area contributed by atoms with Crippen LogP contribution in [0.3, 0.4) is 0 Å². The minimum Gasteiger partial charge on any atom is -0.388 e. The van der Waals surface area contributed by atoms with E-state index in [0.717, 1.165) is 15.7 Å². The molecule has 0 radical (unpaired) electrons. The Bertz CT molecular complexity index is 344. The molecule has 0 saturated carbocycles. The van der Waals surface area contributed by atoms with Crippen molar-refractivity contribution in [2.24, 2.45) is 0 Å². The molecule has 0 heterocycles. The van der Waals surface area contributed by atoms with Crippen molar-refractivity contribution in [1.29, 1.82) is 0 Å². The summed E-state index contributed by atoms with van der Waals surface area (Å²) >= 11 is 3.48. The molecule has 0 amide bonds. The second-order valence-corrected chi connectivity index (χ2v) is 5.29. The molecule has 0 saturated heterocycles. The number of anilines is 1. The highest BCUT2D eigenvalue weighted by Gasteiger charge is 2.22. The molecule has 0 aromatic heterocycles. The van der Waals surface area contributed by atoms with Crippen molar-refractivity contribution < 1.29 is 5.11 Å². The summed E-state index contributed by atoms with van der Waals surface area (Å²) in [5.41, 5.74) is 1.49. The monoisotopic (exact) mass is 271 g/mol. The minimum atomic E-state index is -0.727. The van der Waals surface area contributed by atoms with Gasteiger partial charge in [0, 0.05) is 10.2 Å². The zero-order valence-corrected chi connectivity index (χ0v) is 11.2. The maximum atomic E-state index is 9.83. The molecule has 0 fully saturated rings. The maximum Gasteiger partial charge on any atom is 0.0789 e. The Balaban J connectivity index is 2.86. The Kier molecular flexibility index (Phi) is 3.79. The third-order valence-electron chi connectivity index (χ3n) is 2.70. The summed E-state index contributed by atoms with van der Waals surface area (Å²) < 4.78 is 1.08. The largest absolute Gasteiger partial charge is 0.388 e. The summed E-state index contributed by atoms with van der Waals surface area (Å²) in [5, 5.41) is 13.1. The molecule has 1 unspecified atom stereocenters. The average Bonchev–Trinajstić information content (AvgIpc) is 2.11. The molecule has 1 aromatic carbocycles. The van der Waals surface area contributed by atoms with Gasteiger partial charge in [-0.2, -0.15) is 0 Å². The fraction of sp³-hybridized carbons (Fsp3) is 0.500. The highest BCUT2D eigenvalue weighted by Crippen LogP contribution is 2.25. The summed E-state index contributed by atoms with van der Waals surface area (Å²) in [6.45, 7) is 7.62. The number of nitrogens with one attached hydrogen (secondary N) is 1. The van der Waals surface area contributed by atoms with Crippen LogP contribution in [0.15, 0.2) is 22.7 Å². The Morgan fingerprint density at radius 2 is 2.00 bits per heavy atom. The summed E-state index contributed by atoms with van der Waals surface area (Å²) in [7, 11) is 0. The zero-order valence-electron chi connectivity index (χ0n) is 9.63. The van der Waals surface area contributed by atoms with Gasteiger partial charge >= 0.3 is 0 Å². The predicted octanol–water partition coefficient (Wildman–Crippen LogP) is 3.33. The molecule has 84 valence electrons. The van der Waals surface area contributed by atoms with Crippen molar-refractivity contribution in [2.45, 2.75) is 39.3 Å². The fourth-order valence-corrected chi connectivity index (χ4v) is 1.54. The molecule has 0 aliphatic carbocycles. The van der Waals surface area contributed by atoms with Gasteiger partial charge < -0.3 is 10.4 Å². The molecule has 1 aromatic rings. The Morgan fingerprint density at radius 1 is 1.40 bits per heavy atom. The summed E-state index contributed by atoms with van der Waals surface area (Å²) in [6, 6.07) is 6.01. The van der Waals surface area contributed by atoms with Crippen LogP contribution in [-0.2, 0) is 0 Å². The lowest BCUT2D eigenvalue weighted by atomic mass is 10.00. The van der Waals surface area contributed by atoms with E-state index < -0.39 is 5.60 Å². The van der Waals surface area contributed by atoms with Crippen molar-refractivity contribution in [2.75, 3.05) is 5.32 Å². The smallest absolute Gasteiger partial charge is 0.0789 e. The highest BCUT2D eigenvalue weighted by molar-refractivity contribution is 9.10. The van der Waals surface area contributed by atoms with Gasteiger partial charge in [0.05, 0.1) is 11.6 Å². The maximum absolute atomic E-state index is 9.83. The molecule has 0 bridgehead atoms. The van der Waals surface area contributed by atoms with Gasteiger partial charge in [-0.15, -0.1) is 0 Å². The normalized spacial score (nSPS) is 13.7. The Hall–Kier alpha value is -0.540. The van der Waals surface area contributed by atoms with Crippen LogP contribution in [0.4, 0.5) is 5.69 Å². The van der Waals surface area contributed by atoms with Gasteiger partial charge in [0.2, 0.25) is 0 Å². The van der Waals surface area contributed by atoms with Crippen LogP contribution >= 0.6 is 15.9 Å². The van der Waals surface area contributed by atoms with Crippen LogP contribution in [0.1, 0.15) is 26.3 Å². The molecule has 3 heteroatoms. The van der Waals surface area contributed by atoms with Gasteiger partial charge in [-0.1, -0.05) is 22.0 Å². The second kappa shape index (κ2) is 4.54. The number of rotatable bonds is 3. The van der Waals surface area contributed by atoms with E-state index in [1.165, 1.54) is 0 Å². The van der Waals surface area contributed by atoms with Crippen LogP contribution in [0.2, 0.25) is 0 Å². The second-order valence-electron chi connectivity index (χ2n) is 4.43. The van der Waals surface area contributed by atoms with E-state index in [-0.39, 0.29) is 6.04 Å². The quantitative estimate of drug-likeness (QED) is 0.884. The fourth-order valence-electron chi connectivity index (χ4n) is 1.17. The third-order valence-corrected chi connectivity index (χ3v) is 3.56. The lowest BCUT2D eigenvalue weighted by Gasteiger charge is -2.28. The van der Waals surface area contributed by atoms with E-state index in [9.17, 15) is 5.11 Å². The molecular formula is C12H18BrNO. The number of hydrogen-bond donors (Lipinski definition) is 2. The topological polar surface area (TPSA) is 32.3 Å². The lowest BCUT2D eigenvalue weighted by Crippen LogP contribution is -2.39. The molecule has 0 aliphatic rings. The summed E-state index contributed by atoms with van der Waals surface area (Å²) in [4.78, 5) is 0. The molecule has 1 rings (SSSR count).